The monoisotopic (exact) mass is 377 g/mol. The van der Waals surface area contributed by atoms with E-state index < -0.39 is 18.0 Å². The summed E-state index contributed by atoms with van der Waals surface area (Å²) in [4.78, 5) is 37.6. The van der Waals surface area contributed by atoms with Gasteiger partial charge in [0.15, 0.2) is 6.54 Å². The summed E-state index contributed by atoms with van der Waals surface area (Å²) >= 11 is 0. The van der Waals surface area contributed by atoms with Gasteiger partial charge in [-0.15, -0.1) is 0 Å². The number of furan rings is 1. The largest absolute Gasteiger partial charge is 0.467 e. The van der Waals surface area contributed by atoms with E-state index in [1.807, 2.05) is 7.05 Å². The number of carbonyl (C=O) groups excluding carboxylic acids is 3. The van der Waals surface area contributed by atoms with E-state index in [1.165, 1.54) is 6.26 Å². The fraction of sp³-hybridized carbons (Fsp3) is 0.500. The van der Waals surface area contributed by atoms with E-state index in [1.54, 1.807) is 19.1 Å². The maximum absolute atomic E-state index is 12.6. The number of rotatable bonds is 8. The standard InChI is InChI=1S/C18H24N4O5/c1-3-26-17(24)15-12(9-22(2)10-14(23)19-11-6-7-11)20-18(25)21-16(15)13-5-4-8-27-13/h4-5,8,11,16H,3,6-7,9-10H2,1-2H3,(H,19,23)(H2,20,21,25)/p+1/t16-/m0/s1. The lowest BCUT2D eigenvalue weighted by Gasteiger charge is -2.28. The minimum atomic E-state index is -0.740. The Balaban J connectivity index is 1.81. The van der Waals surface area contributed by atoms with Gasteiger partial charge in [-0.05, 0) is 31.9 Å². The van der Waals surface area contributed by atoms with Crippen LogP contribution in [0.2, 0.25) is 0 Å². The molecule has 9 nitrogen and oxygen atoms in total. The number of urea groups is 1. The van der Waals surface area contributed by atoms with Crippen LogP contribution in [0.4, 0.5) is 4.79 Å². The van der Waals surface area contributed by atoms with Crippen molar-refractivity contribution in [1.82, 2.24) is 16.0 Å². The van der Waals surface area contributed by atoms with Crippen molar-refractivity contribution in [2.24, 2.45) is 0 Å². The number of esters is 1. The Morgan fingerprint density at radius 2 is 2.19 bits per heavy atom. The zero-order valence-corrected chi connectivity index (χ0v) is 15.5. The molecule has 3 amide bonds. The number of hydrogen-bond acceptors (Lipinski definition) is 5. The normalized spacial score (nSPS) is 20.5. The molecule has 0 bridgehead atoms. The summed E-state index contributed by atoms with van der Waals surface area (Å²) in [7, 11) is 1.83. The third-order valence-corrected chi connectivity index (χ3v) is 4.36. The van der Waals surface area contributed by atoms with Crippen molar-refractivity contribution in [3.8, 4) is 0 Å². The van der Waals surface area contributed by atoms with Crippen LogP contribution in [0.1, 0.15) is 31.6 Å². The highest BCUT2D eigenvalue weighted by molar-refractivity contribution is 5.95. The predicted molar refractivity (Wildman–Crippen MR) is 94.6 cm³/mol. The summed E-state index contributed by atoms with van der Waals surface area (Å²) in [5.74, 6) is -0.137. The van der Waals surface area contributed by atoms with Crippen molar-refractivity contribution in [2.45, 2.75) is 31.8 Å². The number of amides is 3. The lowest BCUT2D eigenvalue weighted by molar-refractivity contribution is -0.866. The van der Waals surface area contributed by atoms with Gasteiger partial charge in [-0.1, -0.05) is 0 Å². The van der Waals surface area contributed by atoms with Crippen molar-refractivity contribution >= 4 is 17.9 Å². The van der Waals surface area contributed by atoms with Gasteiger partial charge in [0.05, 0.1) is 31.2 Å². The lowest BCUT2D eigenvalue weighted by Crippen LogP contribution is -3.10. The van der Waals surface area contributed by atoms with Crippen LogP contribution in [0.5, 0.6) is 0 Å². The number of ether oxygens (including phenoxy) is 1. The van der Waals surface area contributed by atoms with Crippen molar-refractivity contribution in [3.05, 3.63) is 35.4 Å². The molecule has 1 aromatic rings. The Morgan fingerprint density at radius 3 is 2.81 bits per heavy atom. The summed E-state index contributed by atoms with van der Waals surface area (Å²) in [5.41, 5.74) is 0.712. The number of carbonyl (C=O) groups is 3. The second-order valence-electron chi connectivity index (χ2n) is 6.81. The molecule has 1 saturated carbocycles. The Hall–Kier alpha value is -2.81. The van der Waals surface area contributed by atoms with E-state index in [4.69, 9.17) is 9.15 Å². The molecule has 2 atom stereocenters. The summed E-state index contributed by atoms with van der Waals surface area (Å²) in [6.45, 7) is 2.46. The molecule has 9 heteroatoms. The van der Waals surface area contributed by atoms with Gasteiger partial charge < -0.3 is 30.0 Å². The first-order chi connectivity index (χ1) is 13.0. The first-order valence-electron chi connectivity index (χ1n) is 9.09. The molecule has 2 heterocycles. The molecule has 27 heavy (non-hydrogen) atoms. The molecule has 4 N–H and O–H groups in total. The van der Waals surface area contributed by atoms with Gasteiger partial charge in [0.1, 0.15) is 18.3 Å². The van der Waals surface area contributed by atoms with Gasteiger partial charge in [-0.2, -0.15) is 0 Å². The quantitative estimate of drug-likeness (QED) is 0.445. The number of nitrogens with one attached hydrogen (secondary N) is 4. The Kier molecular flexibility index (Phi) is 5.80. The van der Waals surface area contributed by atoms with E-state index in [0.29, 0.717) is 17.5 Å². The lowest BCUT2D eigenvalue weighted by atomic mass is 10.00. The SMILES string of the molecule is CCOC(=O)C1=C(C[NH+](C)CC(=O)NC2CC2)NC(=O)N[C@H]1c1ccco1. The molecule has 1 unspecified atom stereocenters. The van der Waals surface area contributed by atoms with Crippen LogP contribution in [0.3, 0.4) is 0 Å². The smallest absolute Gasteiger partial charge is 0.338 e. The molecule has 0 saturated heterocycles. The van der Waals surface area contributed by atoms with Crippen LogP contribution in [0.15, 0.2) is 34.1 Å². The number of quaternary nitrogens is 1. The first-order valence-corrected chi connectivity index (χ1v) is 9.09. The van der Waals surface area contributed by atoms with Gasteiger partial charge >= 0.3 is 12.0 Å². The third-order valence-electron chi connectivity index (χ3n) is 4.36. The summed E-state index contributed by atoms with van der Waals surface area (Å²) < 4.78 is 10.6. The Morgan fingerprint density at radius 1 is 1.41 bits per heavy atom. The van der Waals surface area contributed by atoms with Crippen LogP contribution in [0, 0.1) is 0 Å². The molecular formula is C18H25N4O5+. The highest BCUT2D eigenvalue weighted by Gasteiger charge is 2.36. The van der Waals surface area contributed by atoms with Crippen molar-refractivity contribution in [3.63, 3.8) is 0 Å². The molecule has 3 rings (SSSR count). The van der Waals surface area contributed by atoms with Crippen molar-refractivity contribution in [2.75, 3.05) is 26.7 Å². The second kappa shape index (κ2) is 8.26. The first kappa shape index (κ1) is 19.0. The summed E-state index contributed by atoms with van der Waals surface area (Å²) in [5, 5.41) is 8.32. The fourth-order valence-electron chi connectivity index (χ4n) is 3.02. The molecule has 2 aliphatic rings. The van der Waals surface area contributed by atoms with Gasteiger partial charge in [0.2, 0.25) is 0 Å². The predicted octanol–water partition coefficient (Wildman–Crippen LogP) is -0.756. The maximum Gasteiger partial charge on any atom is 0.338 e. The molecular weight excluding hydrogens is 352 g/mol. The van der Waals surface area contributed by atoms with E-state index in [0.717, 1.165) is 17.7 Å². The van der Waals surface area contributed by atoms with Crippen LogP contribution in [-0.4, -0.2) is 50.7 Å². The third kappa shape index (κ3) is 4.88. The van der Waals surface area contributed by atoms with Gasteiger partial charge in [0, 0.05) is 6.04 Å². The van der Waals surface area contributed by atoms with E-state index >= 15 is 0 Å². The highest BCUT2D eigenvalue weighted by atomic mass is 16.5. The van der Waals surface area contributed by atoms with Crippen LogP contribution in [-0.2, 0) is 14.3 Å². The number of hydrogen-bond donors (Lipinski definition) is 4. The van der Waals surface area contributed by atoms with Crippen LogP contribution < -0.4 is 20.9 Å². The Bertz CT molecular complexity index is 739. The highest BCUT2D eigenvalue weighted by Crippen LogP contribution is 2.27. The minimum absolute atomic E-state index is 0.0452. The van der Waals surface area contributed by atoms with E-state index in [2.05, 4.69) is 16.0 Å². The van der Waals surface area contributed by atoms with Gasteiger partial charge in [-0.25, -0.2) is 9.59 Å². The molecule has 0 spiro atoms. The maximum atomic E-state index is 12.6. The zero-order chi connectivity index (χ0) is 19.4. The second-order valence-corrected chi connectivity index (χ2v) is 6.81. The molecule has 0 radical (unpaired) electrons. The van der Waals surface area contributed by atoms with Crippen molar-refractivity contribution < 1.29 is 28.4 Å². The minimum Gasteiger partial charge on any atom is -0.467 e. The molecule has 146 valence electrons. The molecule has 1 aliphatic heterocycles. The molecule has 1 aliphatic carbocycles. The number of likely N-dealkylation sites (N-methyl/N-ethyl adjacent to an activating group) is 1. The molecule has 1 fully saturated rings. The summed E-state index contributed by atoms with van der Waals surface area (Å²) in [6.07, 6.45) is 3.52. The van der Waals surface area contributed by atoms with E-state index in [9.17, 15) is 14.4 Å². The van der Waals surface area contributed by atoms with Crippen LogP contribution >= 0.6 is 0 Å². The topological polar surface area (TPSA) is 114 Å². The van der Waals surface area contributed by atoms with Gasteiger partial charge in [-0.3, -0.25) is 4.79 Å². The summed E-state index contributed by atoms with van der Waals surface area (Å²) in [6, 6.07) is 2.49. The Labute approximate surface area is 157 Å². The zero-order valence-electron chi connectivity index (χ0n) is 15.5. The fourth-order valence-corrected chi connectivity index (χ4v) is 3.02. The van der Waals surface area contributed by atoms with Gasteiger partial charge in [0.25, 0.3) is 5.91 Å². The average molecular weight is 377 g/mol. The van der Waals surface area contributed by atoms with Crippen LogP contribution in [0.25, 0.3) is 0 Å². The molecule has 1 aromatic heterocycles. The van der Waals surface area contributed by atoms with E-state index in [-0.39, 0.29) is 31.2 Å². The average Bonchev–Trinajstić information content (AvgIpc) is 3.23. The van der Waals surface area contributed by atoms with Crippen molar-refractivity contribution in [1.29, 1.82) is 0 Å². The molecule has 0 aromatic carbocycles.